The molecule has 0 aliphatic heterocycles. The van der Waals surface area contributed by atoms with Crippen molar-refractivity contribution in [2.45, 2.75) is 0 Å². The molecule has 0 amide bonds. The topological polar surface area (TPSA) is 86.6 Å². The quantitative estimate of drug-likeness (QED) is 0.492. The van der Waals surface area contributed by atoms with Crippen molar-refractivity contribution in [3.05, 3.63) is 69.0 Å². The Kier molecular flexibility index (Phi) is 5.18. The minimum absolute atomic E-state index is 0.0908. The summed E-state index contributed by atoms with van der Waals surface area (Å²) in [4.78, 5) is 23.3. The van der Waals surface area contributed by atoms with Gasteiger partial charge in [-0.05, 0) is 42.0 Å². The third-order valence-corrected chi connectivity index (χ3v) is 5.28. The zero-order valence-electron chi connectivity index (χ0n) is 13.0. The molecule has 0 aliphatic carbocycles. The molecule has 0 atom stereocenters. The second-order valence-electron chi connectivity index (χ2n) is 5.26. The summed E-state index contributed by atoms with van der Waals surface area (Å²) in [5.41, 5.74) is 1.50. The van der Waals surface area contributed by atoms with Gasteiger partial charge in [0.05, 0.1) is 27.0 Å². The van der Waals surface area contributed by atoms with Crippen LogP contribution in [-0.2, 0) is 0 Å². The van der Waals surface area contributed by atoms with E-state index in [1.165, 1.54) is 12.1 Å². The Balaban J connectivity index is 1.98. The summed E-state index contributed by atoms with van der Waals surface area (Å²) >= 11 is 13.8. The van der Waals surface area contributed by atoms with E-state index in [0.29, 0.717) is 21.8 Å². The molecule has 8 heteroatoms. The molecule has 0 bridgehead atoms. The fourth-order valence-corrected chi connectivity index (χ4v) is 3.77. The average molecular weight is 408 g/mol. The van der Waals surface area contributed by atoms with Crippen molar-refractivity contribution in [1.29, 1.82) is 0 Å². The Bertz CT molecular complexity index is 993. The first-order valence-electron chi connectivity index (χ1n) is 7.28. The van der Waals surface area contributed by atoms with Gasteiger partial charge in [0, 0.05) is 4.88 Å². The summed E-state index contributed by atoms with van der Waals surface area (Å²) in [7, 11) is 0. The second-order valence-corrected chi connectivity index (χ2v) is 7.16. The summed E-state index contributed by atoms with van der Waals surface area (Å²) in [6.45, 7) is 0. The molecule has 26 heavy (non-hydrogen) atoms. The van der Waals surface area contributed by atoms with Crippen molar-refractivity contribution in [3.63, 3.8) is 0 Å². The molecule has 3 aromatic rings. The largest absolute Gasteiger partial charge is 0.478 e. The Morgan fingerprint density at radius 2 is 1.58 bits per heavy atom. The zero-order valence-corrected chi connectivity index (χ0v) is 15.3. The standard InChI is InChI=1S/C18H11Cl2NO4S/c19-11-7-9(14-5-6-15(26-14)18(24)25)8-12(20)16(11)21-13-4-2-1-3-10(13)17(22)23/h1-8,21H,(H,22,23)(H,24,25). The average Bonchev–Trinajstić information content (AvgIpc) is 3.08. The van der Waals surface area contributed by atoms with Crippen LogP contribution in [0.1, 0.15) is 20.0 Å². The molecule has 0 radical (unpaired) electrons. The molecule has 0 saturated heterocycles. The summed E-state index contributed by atoms with van der Waals surface area (Å²) in [5, 5.41) is 21.8. The molecular formula is C18H11Cl2NO4S. The van der Waals surface area contributed by atoms with E-state index in [-0.39, 0.29) is 20.5 Å². The molecule has 0 unspecified atom stereocenters. The first kappa shape index (κ1) is 18.3. The molecular weight excluding hydrogens is 397 g/mol. The van der Waals surface area contributed by atoms with E-state index in [2.05, 4.69) is 5.32 Å². The highest BCUT2D eigenvalue weighted by molar-refractivity contribution is 7.17. The van der Waals surface area contributed by atoms with Gasteiger partial charge in [0.2, 0.25) is 0 Å². The molecule has 0 spiro atoms. The van der Waals surface area contributed by atoms with Crippen LogP contribution in [0.3, 0.4) is 0 Å². The van der Waals surface area contributed by atoms with Crippen LogP contribution >= 0.6 is 34.5 Å². The van der Waals surface area contributed by atoms with Gasteiger partial charge in [-0.1, -0.05) is 35.3 Å². The lowest BCUT2D eigenvalue weighted by atomic mass is 10.1. The summed E-state index contributed by atoms with van der Waals surface area (Å²) in [6, 6.07) is 12.9. The Morgan fingerprint density at radius 1 is 0.923 bits per heavy atom. The molecule has 5 nitrogen and oxygen atoms in total. The highest BCUT2D eigenvalue weighted by Gasteiger charge is 2.15. The molecule has 0 saturated carbocycles. The van der Waals surface area contributed by atoms with Gasteiger partial charge in [-0.2, -0.15) is 0 Å². The fraction of sp³-hybridized carbons (Fsp3) is 0. The number of hydrogen-bond acceptors (Lipinski definition) is 4. The lowest BCUT2D eigenvalue weighted by molar-refractivity contribution is 0.0689. The number of nitrogens with one attached hydrogen (secondary N) is 1. The van der Waals surface area contributed by atoms with E-state index in [4.69, 9.17) is 28.3 Å². The molecule has 132 valence electrons. The van der Waals surface area contributed by atoms with Crippen molar-refractivity contribution < 1.29 is 19.8 Å². The molecule has 0 aliphatic rings. The number of halogens is 2. The van der Waals surface area contributed by atoms with Gasteiger partial charge in [-0.15, -0.1) is 11.3 Å². The number of carboxylic acid groups (broad SMARTS) is 2. The second kappa shape index (κ2) is 7.37. The summed E-state index contributed by atoms with van der Waals surface area (Å²) in [6.07, 6.45) is 0. The third-order valence-electron chi connectivity index (χ3n) is 3.56. The monoisotopic (exact) mass is 407 g/mol. The summed E-state index contributed by atoms with van der Waals surface area (Å²) < 4.78 is 0. The van der Waals surface area contributed by atoms with E-state index in [1.54, 1.807) is 36.4 Å². The Morgan fingerprint density at radius 3 is 2.15 bits per heavy atom. The van der Waals surface area contributed by atoms with Crippen LogP contribution in [0.5, 0.6) is 0 Å². The maximum absolute atomic E-state index is 11.3. The zero-order chi connectivity index (χ0) is 18.8. The number of benzene rings is 2. The van der Waals surface area contributed by atoms with Gasteiger partial charge in [0.15, 0.2) is 0 Å². The number of aromatic carboxylic acids is 2. The molecule has 2 aromatic carbocycles. The Hall–Kier alpha value is -2.54. The van der Waals surface area contributed by atoms with Crippen LogP contribution in [0.2, 0.25) is 10.0 Å². The van der Waals surface area contributed by atoms with Gasteiger partial charge in [0.1, 0.15) is 4.88 Å². The van der Waals surface area contributed by atoms with Crippen LogP contribution in [0.15, 0.2) is 48.5 Å². The van der Waals surface area contributed by atoms with E-state index in [1.807, 2.05) is 0 Å². The highest BCUT2D eigenvalue weighted by Crippen LogP contribution is 2.39. The SMILES string of the molecule is O=C(O)c1ccc(-c2cc(Cl)c(Nc3ccccc3C(=O)O)c(Cl)c2)s1. The summed E-state index contributed by atoms with van der Waals surface area (Å²) in [5.74, 6) is -2.07. The maximum Gasteiger partial charge on any atom is 0.345 e. The number of para-hydroxylation sites is 1. The van der Waals surface area contributed by atoms with Crippen LogP contribution in [0.25, 0.3) is 10.4 Å². The van der Waals surface area contributed by atoms with E-state index >= 15 is 0 Å². The molecule has 3 rings (SSSR count). The van der Waals surface area contributed by atoms with Crippen molar-refractivity contribution in [2.24, 2.45) is 0 Å². The molecule has 0 fully saturated rings. The lowest BCUT2D eigenvalue weighted by Gasteiger charge is -2.14. The number of carbonyl (C=O) groups is 2. The number of carboxylic acids is 2. The van der Waals surface area contributed by atoms with Crippen molar-refractivity contribution in [2.75, 3.05) is 5.32 Å². The predicted octanol–water partition coefficient (Wildman–Crippen LogP) is 5.86. The molecule has 1 aromatic heterocycles. The van der Waals surface area contributed by atoms with Crippen LogP contribution in [0.4, 0.5) is 11.4 Å². The number of anilines is 2. The predicted molar refractivity (Wildman–Crippen MR) is 103 cm³/mol. The normalized spacial score (nSPS) is 10.5. The minimum atomic E-state index is -1.07. The molecule has 1 heterocycles. The van der Waals surface area contributed by atoms with Crippen molar-refractivity contribution in [1.82, 2.24) is 0 Å². The first-order valence-corrected chi connectivity index (χ1v) is 8.86. The van der Waals surface area contributed by atoms with Crippen LogP contribution in [-0.4, -0.2) is 22.2 Å². The highest BCUT2D eigenvalue weighted by atomic mass is 35.5. The number of hydrogen-bond donors (Lipinski definition) is 3. The van der Waals surface area contributed by atoms with Gasteiger partial charge in [-0.3, -0.25) is 0 Å². The van der Waals surface area contributed by atoms with Crippen LogP contribution in [0, 0.1) is 0 Å². The van der Waals surface area contributed by atoms with E-state index in [0.717, 1.165) is 11.3 Å². The Labute approximate surface area is 162 Å². The maximum atomic E-state index is 11.3. The molecule has 3 N–H and O–H groups in total. The third kappa shape index (κ3) is 3.67. The van der Waals surface area contributed by atoms with Gasteiger partial charge in [-0.25, -0.2) is 9.59 Å². The minimum Gasteiger partial charge on any atom is -0.478 e. The van der Waals surface area contributed by atoms with Crippen LogP contribution < -0.4 is 5.32 Å². The van der Waals surface area contributed by atoms with Gasteiger partial charge in [0.25, 0.3) is 0 Å². The van der Waals surface area contributed by atoms with E-state index < -0.39 is 11.9 Å². The van der Waals surface area contributed by atoms with Crippen molar-refractivity contribution >= 4 is 57.9 Å². The van der Waals surface area contributed by atoms with Crippen molar-refractivity contribution in [3.8, 4) is 10.4 Å². The first-order chi connectivity index (χ1) is 12.4. The fourth-order valence-electron chi connectivity index (χ4n) is 2.36. The number of rotatable bonds is 5. The van der Waals surface area contributed by atoms with E-state index in [9.17, 15) is 14.7 Å². The lowest BCUT2D eigenvalue weighted by Crippen LogP contribution is -2.03. The van der Waals surface area contributed by atoms with Gasteiger partial charge < -0.3 is 15.5 Å². The smallest absolute Gasteiger partial charge is 0.345 e. The number of thiophene rings is 1. The van der Waals surface area contributed by atoms with Gasteiger partial charge >= 0.3 is 11.9 Å².